The molecule has 1 fully saturated rings. The van der Waals surface area contributed by atoms with Crippen LogP contribution in [0.4, 0.5) is 10.2 Å². The summed E-state index contributed by atoms with van der Waals surface area (Å²) in [5.74, 6) is 0.426. The van der Waals surface area contributed by atoms with Gasteiger partial charge in [0.25, 0.3) is 0 Å². The molecule has 0 bridgehead atoms. The fourth-order valence-electron chi connectivity index (χ4n) is 2.22. The molecule has 4 N–H and O–H groups in total. The lowest BCUT2D eigenvalue weighted by Gasteiger charge is -2.19. The number of alkyl halides is 1. The van der Waals surface area contributed by atoms with Crippen molar-refractivity contribution in [3.63, 3.8) is 0 Å². The van der Waals surface area contributed by atoms with Crippen LogP contribution in [0.5, 0.6) is 0 Å². The first-order valence-electron chi connectivity index (χ1n) is 5.23. The Balaban J connectivity index is 2.12. The highest BCUT2D eigenvalue weighted by molar-refractivity contribution is 5.39. The van der Waals surface area contributed by atoms with Crippen LogP contribution in [0.15, 0.2) is 18.3 Å². The zero-order chi connectivity index (χ0) is 10.9. The van der Waals surface area contributed by atoms with E-state index in [4.69, 9.17) is 11.5 Å². The molecule has 0 aliphatic heterocycles. The van der Waals surface area contributed by atoms with E-state index < -0.39 is 5.67 Å². The number of halogens is 1. The Hall–Kier alpha value is -1.16. The summed E-state index contributed by atoms with van der Waals surface area (Å²) in [6.07, 6.45) is 3.67. The maximum atomic E-state index is 14.3. The van der Waals surface area contributed by atoms with E-state index in [1.165, 1.54) is 0 Å². The van der Waals surface area contributed by atoms with Crippen LogP contribution in [-0.4, -0.2) is 16.7 Å². The molecular weight excluding hydrogens is 193 g/mol. The predicted molar refractivity (Wildman–Crippen MR) is 58.0 cm³/mol. The molecule has 0 radical (unpaired) electrons. The van der Waals surface area contributed by atoms with E-state index in [0.29, 0.717) is 25.1 Å². The zero-order valence-electron chi connectivity index (χ0n) is 8.62. The lowest BCUT2D eigenvalue weighted by atomic mass is 9.95. The highest BCUT2D eigenvalue weighted by atomic mass is 19.1. The largest absolute Gasteiger partial charge is 0.383 e. The molecule has 2 unspecified atom stereocenters. The summed E-state index contributed by atoms with van der Waals surface area (Å²) >= 11 is 0. The van der Waals surface area contributed by atoms with Gasteiger partial charge in [-0.1, -0.05) is 6.07 Å². The Kier molecular flexibility index (Phi) is 2.61. The number of hydrogen-bond acceptors (Lipinski definition) is 3. The van der Waals surface area contributed by atoms with Crippen molar-refractivity contribution in [1.29, 1.82) is 0 Å². The monoisotopic (exact) mass is 209 g/mol. The van der Waals surface area contributed by atoms with E-state index in [9.17, 15) is 4.39 Å². The van der Waals surface area contributed by atoms with Crippen LogP contribution < -0.4 is 11.5 Å². The molecule has 1 aromatic heterocycles. The van der Waals surface area contributed by atoms with Gasteiger partial charge in [-0.05, 0) is 30.9 Å². The fraction of sp³-hybridized carbons (Fsp3) is 0.545. The van der Waals surface area contributed by atoms with E-state index >= 15 is 0 Å². The van der Waals surface area contributed by atoms with Crippen LogP contribution in [0, 0.1) is 0 Å². The van der Waals surface area contributed by atoms with Gasteiger partial charge in [0.1, 0.15) is 11.5 Å². The first kappa shape index (κ1) is 10.4. The smallest absolute Gasteiger partial charge is 0.126 e. The third-order valence-electron chi connectivity index (χ3n) is 3.02. The minimum absolute atomic E-state index is 0.00658. The molecule has 2 atom stereocenters. The molecule has 1 aromatic rings. The second-order valence-electron chi connectivity index (χ2n) is 4.38. The second kappa shape index (κ2) is 3.77. The molecular formula is C11H16FN3. The van der Waals surface area contributed by atoms with E-state index in [-0.39, 0.29) is 6.04 Å². The van der Waals surface area contributed by atoms with Gasteiger partial charge in [0.15, 0.2) is 0 Å². The molecule has 1 aliphatic rings. The van der Waals surface area contributed by atoms with Crippen LogP contribution in [0.25, 0.3) is 0 Å². The molecule has 0 aromatic carbocycles. The van der Waals surface area contributed by atoms with Crippen molar-refractivity contribution < 1.29 is 4.39 Å². The summed E-state index contributed by atoms with van der Waals surface area (Å²) < 4.78 is 14.3. The summed E-state index contributed by atoms with van der Waals surface area (Å²) in [6, 6.07) is 3.60. The quantitative estimate of drug-likeness (QED) is 0.774. The molecule has 4 heteroatoms. The molecule has 1 aliphatic carbocycles. The lowest BCUT2D eigenvalue weighted by molar-refractivity contribution is 0.171. The van der Waals surface area contributed by atoms with Crippen LogP contribution in [0.3, 0.4) is 0 Å². The van der Waals surface area contributed by atoms with Crippen LogP contribution in [-0.2, 0) is 6.42 Å². The fourth-order valence-corrected chi connectivity index (χ4v) is 2.22. The van der Waals surface area contributed by atoms with E-state index in [0.717, 1.165) is 12.0 Å². The van der Waals surface area contributed by atoms with Gasteiger partial charge in [0.05, 0.1) is 0 Å². The summed E-state index contributed by atoms with van der Waals surface area (Å²) in [5.41, 5.74) is 11.0. The molecule has 1 saturated carbocycles. The molecule has 1 heterocycles. The van der Waals surface area contributed by atoms with Crippen molar-refractivity contribution in [2.45, 2.75) is 37.4 Å². The van der Waals surface area contributed by atoms with Crippen molar-refractivity contribution in [3.05, 3.63) is 23.9 Å². The average molecular weight is 209 g/mol. The standard InChI is InChI=1S/C11H16FN3/c12-11(4-3-9(13)7-11)6-8-2-1-5-15-10(8)14/h1-2,5,9H,3-4,6-7,13H2,(H2,14,15). The number of aromatic nitrogens is 1. The van der Waals surface area contributed by atoms with Gasteiger partial charge in [0.2, 0.25) is 0 Å². The van der Waals surface area contributed by atoms with Gasteiger partial charge < -0.3 is 11.5 Å². The minimum Gasteiger partial charge on any atom is -0.383 e. The topological polar surface area (TPSA) is 64.9 Å². The SMILES string of the molecule is Nc1ncccc1CC1(F)CCC(N)C1. The Labute approximate surface area is 88.7 Å². The van der Waals surface area contributed by atoms with Crippen LogP contribution in [0.2, 0.25) is 0 Å². The number of pyridine rings is 1. The average Bonchev–Trinajstić information content (AvgIpc) is 2.51. The molecule has 82 valence electrons. The van der Waals surface area contributed by atoms with Gasteiger partial charge in [-0.2, -0.15) is 0 Å². The van der Waals surface area contributed by atoms with Crippen LogP contribution >= 0.6 is 0 Å². The van der Waals surface area contributed by atoms with E-state index in [2.05, 4.69) is 4.98 Å². The number of nitrogens with zero attached hydrogens (tertiary/aromatic N) is 1. The molecule has 3 nitrogen and oxygen atoms in total. The highest BCUT2D eigenvalue weighted by Gasteiger charge is 2.38. The predicted octanol–water partition coefficient (Wildman–Crippen LogP) is 1.43. The van der Waals surface area contributed by atoms with Gasteiger partial charge in [-0.25, -0.2) is 9.37 Å². The normalized spacial score (nSPS) is 30.7. The van der Waals surface area contributed by atoms with Crippen molar-refractivity contribution in [3.8, 4) is 0 Å². The van der Waals surface area contributed by atoms with Gasteiger partial charge in [0, 0.05) is 18.7 Å². The Morgan fingerprint density at radius 1 is 1.60 bits per heavy atom. The number of nitrogen functional groups attached to an aromatic ring is 1. The number of anilines is 1. The molecule has 2 rings (SSSR count). The summed E-state index contributed by atoms with van der Waals surface area (Å²) in [6.45, 7) is 0. The van der Waals surface area contributed by atoms with Gasteiger partial charge in [-0.3, -0.25) is 0 Å². The minimum atomic E-state index is -1.18. The lowest BCUT2D eigenvalue weighted by Crippen LogP contribution is -2.26. The molecule has 0 saturated heterocycles. The zero-order valence-corrected chi connectivity index (χ0v) is 8.62. The Morgan fingerprint density at radius 3 is 3.00 bits per heavy atom. The Morgan fingerprint density at radius 2 is 2.40 bits per heavy atom. The van der Waals surface area contributed by atoms with Gasteiger partial charge >= 0.3 is 0 Å². The first-order valence-corrected chi connectivity index (χ1v) is 5.23. The van der Waals surface area contributed by atoms with Crippen molar-refractivity contribution in [1.82, 2.24) is 4.98 Å². The molecule has 0 spiro atoms. The molecule has 15 heavy (non-hydrogen) atoms. The maximum Gasteiger partial charge on any atom is 0.126 e. The maximum absolute atomic E-state index is 14.3. The molecule has 0 amide bonds. The summed E-state index contributed by atoms with van der Waals surface area (Å²) in [5, 5.41) is 0. The van der Waals surface area contributed by atoms with E-state index in [1.807, 2.05) is 6.07 Å². The van der Waals surface area contributed by atoms with Crippen LogP contribution in [0.1, 0.15) is 24.8 Å². The van der Waals surface area contributed by atoms with E-state index in [1.54, 1.807) is 12.3 Å². The second-order valence-corrected chi connectivity index (χ2v) is 4.38. The number of hydrogen-bond donors (Lipinski definition) is 2. The highest BCUT2D eigenvalue weighted by Crippen LogP contribution is 2.36. The van der Waals surface area contributed by atoms with Crippen molar-refractivity contribution in [2.75, 3.05) is 5.73 Å². The first-order chi connectivity index (χ1) is 7.09. The third-order valence-corrected chi connectivity index (χ3v) is 3.02. The van der Waals surface area contributed by atoms with Gasteiger partial charge in [-0.15, -0.1) is 0 Å². The Bertz CT molecular complexity index is 355. The summed E-state index contributed by atoms with van der Waals surface area (Å²) in [4.78, 5) is 3.95. The van der Waals surface area contributed by atoms with Crippen molar-refractivity contribution in [2.24, 2.45) is 5.73 Å². The van der Waals surface area contributed by atoms with Crippen molar-refractivity contribution >= 4 is 5.82 Å². The third kappa shape index (κ3) is 2.26. The number of rotatable bonds is 2. The number of nitrogens with two attached hydrogens (primary N) is 2. The summed E-state index contributed by atoms with van der Waals surface area (Å²) in [7, 11) is 0.